The molecule has 1 saturated heterocycles. The number of aromatic amines is 2. The van der Waals surface area contributed by atoms with Crippen molar-refractivity contribution < 1.29 is 0 Å². The van der Waals surface area contributed by atoms with E-state index in [0.29, 0.717) is 17.4 Å². The fourth-order valence-corrected chi connectivity index (χ4v) is 2.44. The Morgan fingerprint density at radius 1 is 1.53 bits per heavy atom. The number of nitrogens with one attached hydrogen (secondary N) is 2. The summed E-state index contributed by atoms with van der Waals surface area (Å²) in [5, 5.41) is 5.17. The van der Waals surface area contributed by atoms with Crippen molar-refractivity contribution in [3.05, 3.63) is 15.3 Å². The van der Waals surface area contributed by atoms with Crippen LogP contribution in [-0.2, 0) is 6.54 Å². The van der Waals surface area contributed by atoms with Crippen molar-refractivity contribution in [2.45, 2.75) is 32.4 Å². The number of nitrogens with zero attached hydrogens (tertiary/aromatic N) is 2. The Morgan fingerprint density at radius 3 is 2.93 bits per heavy atom. The summed E-state index contributed by atoms with van der Waals surface area (Å²) in [5.41, 5.74) is -0.136. The largest absolute Gasteiger partial charge is 0.342 e. The number of hydrogen-bond donors (Lipinski definition) is 2. The van der Waals surface area contributed by atoms with Crippen LogP contribution in [0.25, 0.3) is 0 Å². The fourth-order valence-electron chi connectivity index (χ4n) is 2.23. The van der Waals surface area contributed by atoms with Crippen LogP contribution in [0.2, 0.25) is 0 Å². The van der Waals surface area contributed by atoms with Crippen molar-refractivity contribution in [3.8, 4) is 0 Å². The van der Waals surface area contributed by atoms with E-state index >= 15 is 0 Å². The van der Waals surface area contributed by atoms with Gasteiger partial charge in [-0.25, -0.2) is 9.89 Å². The maximum Gasteiger partial charge on any atom is 0.342 e. The molecule has 1 fully saturated rings. The van der Waals surface area contributed by atoms with E-state index in [1.165, 1.54) is 6.42 Å². The topological polar surface area (TPSA) is 56.8 Å². The number of likely N-dealkylation sites (N-methyl/N-ethyl adjacent to an activating group) is 1. The maximum absolute atomic E-state index is 11.4. The minimum atomic E-state index is -0.136. The van der Waals surface area contributed by atoms with Crippen molar-refractivity contribution in [1.82, 2.24) is 19.7 Å². The van der Waals surface area contributed by atoms with Gasteiger partial charge in [0.2, 0.25) is 0 Å². The first kappa shape index (κ1) is 10.6. The molecule has 0 saturated carbocycles. The van der Waals surface area contributed by atoms with Gasteiger partial charge in [0.25, 0.3) is 0 Å². The van der Waals surface area contributed by atoms with Crippen LogP contribution in [0.15, 0.2) is 4.79 Å². The van der Waals surface area contributed by atoms with E-state index in [1.54, 1.807) is 4.57 Å². The van der Waals surface area contributed by atoms with Gasteiger partial charge in [0.1, 0.15) is 0 Å². The minimum Gasteiger partial charge on any atom is -0.299 e. The van der Waals surface area contributed by atoms with Gasteiger partial charge in [-0.15, -0.1) is 0 Å². The summed E-state index contributed by atoms with van der Waals surface area (Å²) < 4.78 is 2.09. The highest BCUT2D eigenvalue weighted by Crippen LogP contribution is 2.17. The van der Waals surface area contributed by atoms with E-state index in [2.05, 4.69) is 22.0 Å². The van der Waals surface area contributed by atoms with E-state index in [9.17, 15) is 4.79 Å². The molecular weight excluding hydrogens is 212 g/mol. The normalized spacial score (nSPS) is 22.3. The van der Waals surface area contributed by atoms with Gasteiger partial charge in [-0.05, 0) is 38.1 Å². The SMILES string of the molecule is CCN1CCCC1Cn1c(=O)[nH][nH]c1=S. The van der Waals surface area contributed by atoms with E-state index in [-0.39, 0.29) is 5.69 Å². The molecular formula is C9H16N4OS. The molecule has 0 radical (unpaired) electrons. The quantitative estimate of drug-likeness (QED) is 0.749. The molecule has 15 heavy (non-hydrogen) atoms. The number of rotatable bonds is 3. The van der Waals surface area contributed by atoms with Gasteiger partial charge in [-0.1, -0.05) is 6.92 Å². The molecule has 1 atom stereocenters. The third-order valence-corrected chi connectivity index (χ3v) is 3.39. The molecule has 5 nitrogen and oxygen atoms in total. The highest BCUT2D eigenvalue weighted by atomic mass is 32.1. The maximum atomic E-state index is 11.4. The molecule has 1 aromatic heterocycles. The number of H-pyrrole nitrogens is 2. The van der Waals surface area contributed by atoms with Crippen molar-refractivity contribution in [3.63, 3.8) is 0 Å². The number of aromatic nitrogens is 3. The van der Waals surface area contributed by atoms with Gasteiger partial charge in [-0.3, -0.25) is 14.6 Å². The second-order valence-electron chi connectivity index (χ2n) is 3.90. The summed E-state index contributed by atoms with van der Waals surface area (Å²) in [7, 11) is 0. The molecule has 6 heteroatoms. The second-order valence-corrected chi connectivity index (χ2v) is 4.28. The van der Waals surface area contributed by atoms with Crippen LogP contribution in [-0.4, -0.2) is 38.8 Å². The predicted octanol–water partition coefficient (Wildman–Crippen LogP) is 0.718. The standard InChI is InChI=1S/C9H16N4OS/c1-2-12-5-3-4-7(12)6-13-8(14)10-11-9(13)15/h7H,2-6H2,1H3,(H,10,14)(H,11,15). The summed E-state index contributed by atoms with van der Waals surface area (Å²) in [4.78, 5) is 13.8. The minimum absolute atomic E-state index is 0.136. The molecule has 1 aliphatic heterocycles. The lowest BCUT2D eigenvalue weighted by atomic mass is 10.2. The third-order valence-electron chi connectivity index (χ3n) is 3.07. The van der Waals surface area contributed by atoms with E-state index < -0.39 is 0 Å². The first-order chi connectivity index (χ1) is 7.22. The molecule has 84 valence electrons. The fraction of sp³-hybridized carbons (Fsp3) is 0.778. The Balaban J connectivity index is 2.15. The monoisotopic (exact) mass is 228 g/mol. The van der Waals surface area contributed by atoms with Crippen LogP contribution in [0.1, 0.15) is 19.8 Å². The Labute approximate surface area is 93.1 Å². The summed E-state index contributed by atoms with van der Waals surface area (Å²) in [5.74, 6) is 0. The smallest absolute Gasteiger partial charge is 0.299 e. The zero-order valence-electron chi connectivity index (χ0n) is 8.82. The van der Waals surface area contributed by atoms with Crippen LogP contribution in [0.4, 0.5) is 0 Å². The average Bonchev–Trinajstić information content (AvgIpc) is 2.79. The van der Waals surface area contributed by atoms with Gasteiger partial charge in [0, 0.05) is 12.6 Å². The van der Waals surface area contributed by atoms with Gasteiger partial charge in [0.05, 0.1) is 0 Å². The Morgan fingerprint density at radius 2 is 2.33 bits per heavy atom. The van der Waals surface area contributed by atoms with E-state index in [0.717, 1.165) is 19.5 Å². The molecule has 0 spiro atoms. The summed E-state index contributed by atoms with van der Waals surface area (Å²) in [6, 6.07) is 0.457. The van der Waals surface area contributed by atoms with Gasteiger partial charge < -0.3 is 0 Å². The summed E-state index contributed by atoms with van der Waals surface area (Å²) in [6.45, 7) is 5.03. The molecule has 0 aliphatic carbocycles. The zero-order chi connectivity index (χ0) is 10.8. The van der Waals surface area contributed by atoms with E-state index in [4.69, 9.17) is 12.2 Å². The van der Waals surface area contributed by atoms with Crippen LogP contribution >= 0.6 is 12.2 Å². The van der Waals surface area contributed by atoms with Crippen LogP contribution < -0.4 is 5.69 Å². The lowest BCUT2D eigenvalue weighted by Crippen LogP contribution is -2.35. The number of hydrogen-bond acceptors (Lipinski definition) is 3. The van der Waals surface area contributed by atoms with Crippen molar-refractivity contribution in [1.29, 1.82) is 0 Å². The molecule has 2 heterocycles. The molecule has 0 bridgehead atoms. The van der Waals surface area contributed by atoms with Crippen LogP contribution in [0.5, 0.6) is 0 Å². The third kappa shape index (κ3) is 2.05. The van der Waals surface area contributed by atoms with E-state index in [1.807, 2.05) is 0 Å². The zero-order valence-corrected chi connectivity index (χ0v) is 9.64. The Bertz CT molecular complexity index is 404. The first-order valence-corrected chi connectivity index (χ1v) is 5.74. The first-order valence-electron chi connectivity index (χ1n) is 5.34. The number of likely N-dealkylation sites (tertiary alicyclic amines) is 1. The van der Waals surface area contributed by atoms with Crippen molar-refractivity contribution >= 4 is 12.2 Å². The molecule has 1 unspecified atom stereocenters. The highest BCUT2D eigenvalue weighted by Gasteiger charge is 2.23. The second kappa shape index (κ2) is 4.32. The molecule has 1 aliphatic rings. The van der Waals surface area contributed by atoms with Crippen LogP contribution in [0.3, 0.4) is 0 Å². The summed E-state index contributed by atoms with van der Waals surface area (Å²) in [6.07, 6.45) is 2.37. The highest BCUT2D eigenvalue weighted by molar-refractivity contribution is 7.71. The predicted molar refractivity (Wildman–Crippen MR) is 60.5 cm³/mol. The average molecular weight is 228 g/mol. The molecule has 0 amide bonds. The van der Waals surface area contributed by atoms with Gasteiger partial charge in [-0.2, -0.15) is 0 Å². The van der Waals surface area contributed by atoms with Gasteiger partial charge >= 0.3 is 5.69 Å². The van der Waals surface area contributed by atoms with Crippen molar-refractivity contribution in [2.24, 2.45) is 0 Å². The van der Waals surface area contributed by atoms with Gasteiger partial charge in [0.15, 0.2) is 4.77 Å². The molecule has 0 aromatic carbocycles. The van der Waals surface area contributed by atoms with Crippen molar-refractivity contribution in [2.75, 3.05) is 13.1 Å². The molecule has 1 aromatic rings. The molecule has 2 rings (SSSR count). The summed E-state index contributed by atoms with van der Waals surface area (Å²) >= 11 is 5.04. The molecule has 2 N–H and O–H groups in total. The lowest BCUT2D eigenvalue weighted by Gasteiger charge is -2.22. The Kier molecular flexibility index (Phi) is 3.06. The lowest BCUT2D eigenvalue weighted by molar-refractivity contribution is 0.242. The Hall–Kier alpha value is -0.880. The van der Waals surface area contributed by atoms with Crippen LogP contribution in [0, 0.1) is 4.77 Å².